The van der Waals surface area contributed by atoms with Crippen LogP contribution in [0.2, 0.25) is 0 Å². The summed E-state index contributed by atoms with van der Waals surface area (Å²) >= 11 is 3.89. The molecule has 0 bridgehead atoms. The zero-order valence-electron chi connectivity index (χ0n) is 5.86. The molecule has 0 aliphatic carbocycles. The quantitative estimate of drug-likeness (QED) is 0.423. The van der Waals surface area contributed by atoms with Gasteiger partial charge in [-0.05, 0) is 24.3 Å². The molecule has 2 nitrogen and oxygen atoms in total. The largest absolute Gasteiger partial charge is 0.483 e. The third kappa shape index (κ3) is 2.27. The summed E-state index contributed by atoms with van der Waals surface area (Å²) in [6, 6.07) is 6.87. The Morgan fingerprint density at radius 3 is 2.45 bits per heavy atom. The maximum absolute atomic E-state index is 10.2. The van der Waals surface area contributed by atoms with Crippen molar-refractivity contribution in [1.82, 2.24) is 0 Å². The van der Waals surface area contributed by atoms with Gasteiger partial charge in [-0.2, -0.15) is 0 Å². The third-order valence-corrected chi connectivity index (χ3v) is 1.38. The number of ether oxygens (including phenoxy) is 1. The first-order chi connectivity index (χ1) is 5.36. The summed E-state index contributed by atoms with van der Waals surface area (Å²) in [5.74, 6) is 1.08. The van der Waals surface area contributed by atoms with Crippen LogP contribution in [0.15, 0.2) is 24.3 Å². The average Bonchev–Trinajstić information content (AvgIpc) is 2.07. The van der Waals surface area contributed by atoms with Gasteiger partial charge >= 0.3 is 0 Å². The van der Waals surface area contributed by atoms with Crippen molar-refractivity contribution < 1.29 is 9.53 Å². The van der Waals surface area contributed by atoms with Crippen LogP contribution < -0.4 is 4.74 Å². The smallest absolute Gasteiger partial charge is 0.150 e. The summed E-state index contributed by atoms with van der Waals surface area (Å²) in [4.78, 5) is 10.2. The van der Waals surface area contributed by atoms with Crippen LogP contribution in [-0.4, -0.2) is 12.2 Å². The molecule has 0 unspecified atom stereocenters. The molecule has 0 heterocycles. The van der Waals surface area contributed by atoms with E-state index in [1.807, 2.05) is 0 Å². The van der Waals surface area contributed by atoms with E-state index in [0.717, 1.165) is 12.0 Å². The number of carbonyl (C=O) groups excluding carboxylic acids is 1. The molecule has 0 N–H and O–H groups in total. The number of thiol groups is 1. The first-order valence-electron chi connectivity index (χ1n) is 3.15. The molecule has 1 rings (SSSR count). The second kappa shape index (κ2) is 4.03. The lowest BCUT2D eigenvalue weighted by molar-refractivity contribution is 0.112. The van der Waals surface area contributed by atoms with Gasteiger partial charge in [0, 0.05) is 5.56 Å². The predicted molar refractivity (Wildman–Crippen MR) is 46.3 cm³/mol. The van der Waals surface area contributed by atoms with E-state index in [1.54, 1.807) is 24.3 Å². The monoisotopic (exact) mass is 168 g/mol. The van der Waals surface area contributed by atoms with Crippen molar-refractivity contribution in [2.75, 3.05) is 5.94 Å². The molecule has 0 radical (unpaired) electrons. The van der Waals surface area contributed by atoms with Gasteiger partial charge in [0.05, 0.1) is 0 Å². The molecule has 0 atom stereocenters. The van der Waals surface area contributed by atoms with E-state index >= 15 is 0 Å². The minimum absolute atomic E-state index is 0.348. The highest BCUT2D eigenvalue weighted by atomic mass is 32.1. The Labute approximate surface area is 70.6 Å². The molecule has 0 fully saturated rings. The molecule has 0 spiro atoms. The van der Waals surface area contributed by atoms with E-state index in [-0.39, 0.29) is 0 Å². The molecule has 0 amide bonds. The Kier molecular flexibility index (Phi) is 2.98. The Hall–Kier alpha value is -0.960. The molecular weight excluding hydrogens is 160 g/mol. The van der Waals surface area contributed by atoms with Crippen molar-refractivity contribution in [3.63, 3.8) is 0 Å². The van der Waals surface area contributed by atoms with E-state index in [1.165, 1.54) is 0 Å². The minimum atomic E-state index is 0.348. The summed E-state index contributed by atoms with van der Waals surface area (Å²) in [5.41, 5.74) is 0.650. The van der Waals surface area contributed by atoms with E-state index in [2.05, 4.69) is 12.6 Å². The zero-order valence-corrected chi connectivity index (χ0v) is 6.75. The number of carbonyl (C=O) groups is 1. The normalized spacial score (nSPS) is 9.18. The fourth-order valence-corrected chi connectivity index (χ4v) is 0.866. The van der Waals surface area contributed by atoms with Gasteiger partial charge in [0.2, 0.25) is 0 Å². The summed E-state index contributed by atoms with van der Waals surface area (Å²) in [7, 11) is 0. The lowest BCUT2D eigenvalue weighted by Gasteiger charge is -2.00. The first-order valence-corrected chi connectivity index (χ1v) is 3.79. The molecule has 11 heavy (non-hydrogen) atoms. The number of hydrogen-bond donors (Lipinski definition) is 1. The minimum Gasteiger partial charge on any atom is -0.483 e. The highest BCUT2D eigenvalue weighted by Crippen LogP contribution is 2.10. The third-order valence-electron chi connectivity index (χ3n) is 1.25. The van der Waals surface area contributed by atoms with E-state index in [0.29, 0.717) is 11.5 Å². The van der Waals surface area contributed by atoms with Crippen LogP contribution in [0.4, 0.5) is 0 Å². The fraction of sp³-hybridized carbons (Fsp3) is 0.125. The van der Waals surface area contributed by atoms with Gasteiger partial charge in [0.25, 0.3) is 0 Å². The van der Waals surface area contributed by atoms with Gasteiger partial charge in [0.15, 0.2) is 0 Å². The van der Waals surface area contributed by atoms with Gasteiger partial charge in [-0.25, -0.2) is 0 Å². The van der Waals surface area contributed by atoms with Crippen molar-refractivity contribution in [3.8, 4) is 5.75 Å². The summed E-state index contributed by atoms with van der Waals surface area (Å²) in [6.07, 6.45) is 0.796. The van der Waals surface area contributed by atoms with Gasteiger partial charge in [-0.1, -0.05) is 0 Å². The number of rotatable bonds is 3. The Morgan fingerprint density at radius 1 is 1.36 bits per heavy atom. The summed E-state index contributed by atoms with van der Waals surface area (Å²) in [6.45, 7) is 0. The zero-order chi connectivity index (χ0) is 8.10. The van der Waals surface area contributed by atoms with Crippen LogP contribution in [0.5, 0.6) is 5.75 Å². The second-order valence-electron chi connectivity index (χ2n) is 1.96. The van der Waals surface area contributed by atoms with Gasteiger partial charge < -0.3 is 4.74 Å². The maximum atomic E-state index is 10.2. The standard InChI is InChI=1S/C8H8O2S/c9-5-7-1-3-8(4-2-7)10-6-11/h1-5,11H,6H2. The second-order valence-corrected chi connectivity index (χ2v) is 2.22. The van der Waals surface area contributed by atoms with Crippen LogP contribution in [0, 0.1) is 0 Å². The van der Waals surface area contributed by atoms with Gasteiger partial charge in [-0.15, -0.1) is 12.6 Å². The van der Waals surface area contributed by atoms with Gasteiger partial charge in [-0.3, -0.25) is 4.79 Å². The van der Waals surface area contributed by atoms with Crippen LogP contribution in [0.3, 0.4) is 0 Å². The Bertz CT molecular complexity index is 230. The fourth-order valence-electron chi connectivity index (χ4n) is 0.717. The number of aldehydes is 1. The van der Waals surface area contributed by atoms with E-state index in [9.17, 15) is 4.79 Å². The average molecular weight is 168 g/mol. The predicted octanol–water partition coefficient (Wildman–Crippen LogP) is 1.77. The van der Waals surface area contributed by atoms with Crippen LogP contribution in [-0.2, 0) is 0 Å². The SMILES string of the molecule is O=Cc1ccc(OCS)cc1. The lowest BCUT2D eigenvalue weighted by Crippen LogP contribution is -1.88. The van der Waals surface area contributed by atoms with Crippen molar-refractivity contribution in [1.29, 1.82) is 0 Å². The summed E-state index contributed by atoms with van der Waals surface area (Å²) in [5, 5.41) is 0. The van der Waals surface area contributed by atoms with E-state index < -0.39 is 0 Å². The highest BCUT2D eigenvalue weighted by molar-refractivity contribution is 7.80. The van der Waals surface area contributed by atoms with Crippen LogP contribution in [0.25, 0.3) is 0 Å². The Balaban J connectivity index is 2.74. The van der Waals surface area contributed by atoms with Gasteiger partial charge in [0.1, 0.15) is 18.0 Å². The highest BCUT2D eigenvalue weighted by Gasteiger charge is 1.91. The first kappa shape index (κ1) is 8.14. The molecule has 0 aliphatic heterocycles. The molecular formula is C8H8O2S. The topological polar surface area (TPSA) is 26.3 Å². The molecule has 1 aromatic rings. The number of benzene rings is 1. The molecule has 3 heteroatoms. The molecule has 1 aromatic carbocycles. The van der Waals surface area contributed by atoms with Crippen LogP contribution >= 0.6 is 12.6 Å². The molecule has 0 saturated heterocycles. The molecule has 0 aromatic heterocycles. The molecule has 58 valence electrons. The van der Waals surface area contributed by atoms with Crippen molar-refractivity contribution in [3.05, 3.63) is 29.8 Å². The van der Waals surface area contributed by atoms with E-state index in [4.69, 9.17) is 4.74 Å². The lowest BCUT2D eigenvalue weighted by atomic mass is 10.2. The van der Waals surface area contributed by atoms with Crippen molar-refractivity contribution >= 4 is 18.9 Å². The molecule has 0 aliphatic rings. The Morgan fingerprint density at radius 2 is 2.00 bits per heavy atom. The summed E-state index contributed by atoms with van der Waals surface area (Å²) < 4.78 is 5.05. The molecule has 0 saturated carbocycles. The van der Waals surface area contributed by atoms with Crippen LogP contribution in [0.1, 0.15) is 10.4 Å². The maximum Gasteiger partial charge on any atom is 0.150 e. The van der Waals surface area contributed by atoms with Crippen molar-refractivity contribution in [2.45, 2.75) is 0 Å². The van der Waals surface area contributed by atoms with Crippen molar-refractivity contribution in [2.24, 2.45) is 0 Å². The number of hydrogen-bond acceptors (Lipinski definition) is 3.